The van der Waals surface area contributed by atoms with Gasteiger partial charge in [0.2, 0.25) is 0 Å². The lowest BCUT2D eigenvalue weighted by Gasteiger charge is -2.61. The van der Waals surface area contributed by atoms with Gasteiger partial charge in [-0.2, -0.15) is 0 Å². The van der Waals surface area contributed by atoms with Gasteiger partial charge in [-0.1, -0.05) is 12.8 Å². The van der Waals surface area contributed by atoms with Crippen LogP contribution in [-0.4, -0.2) is 90.5 Å². The summed E-state index contributed by atoms with van der Waals surface area (Å²) in [5.41, 5.74) is -1.99. The van der Waals surface area contributed by atoms with Gasteiger partial charge in [0, 0.05) is 24.4 Å². The van der Waals surface area contributed by atoms with Crippen LogP contribution in [0, 0.1) is 65.1 Å². The van der Waals surface area contributed by atoms with Crippen LogP contribution in [0.1, 0.15) is 104 Å². The molecule has 0 aromatic heterocycles. The Balaban J connectivity index is 1.20. The van der Waals surface area contributed by atoms with Gasteiger partial charge in [-0.15, -0.1) is 0 Å². The standard InChI is InChI=1S/C36H60O9/c1-3-45-29(40)10-6-7-19-11-12-24(23-9-5-4-8-22(19)23)25-13-14-27(38)32-26(25)16-20-15-21-17-28(39)30(18(2)37)34(42)36(21,44)35(43)31(20)33(32)41/h18-32,34-35,37-40,42-44H,3-17H2,1-2H3/t18?,19?,20-,21+,22?,23?,24?,25?,26?,27?,28?,29?,30?,31?,32?,34?,35?,36-/m1/s1. The Labute approximate surface area is 268 Å². The zero-order valence-electron chi connectivity index (χ0n) is 27.4. The summed E-state index contributed by atoms with van der Waals surface area (Å²) in [6.45, 7) is 3.89. The minimum atomic E-state index is -1.99. The fourth-order valence-corrected chi connectivity index (χ4v) is 12.4. The molecule has 6 aliphatic carbocycles. The minimum absolute atomic E-state index is 0.0370. The molecule has 0 aliphatic heterocycles. The second-order valence-corrected chi connectivity index (χ2v) is 16.2. The maximum absolute atomic E-state index is 14.4. The Bertz CT molecular complexity index is 1020. The quantitative estimate of drug-likeness (QED) is 0.198. The molecule has 0 radical (unpaired) electrons. The van der Waals surface area contributed by atoms with Gasteiger partial charge in [-0.25, -0.2) is 0 Å². The molecule has 0 saturated heterocycles. The van der Waals surface area contributed by atoms with Gasteiger partial charge >= 0.3 is 0 Å². The molecule has 0 aromatic carbocycles. The number of carbonyl (C=O) groups excluding carboxylic acids is 1. The van der Waals surface area contributed by atoms with Gasteiger partial charge in [0.15, 0.2) is 6.29 Å². The van der Waals surface area contributed by atoms with Crippen LogP contribution in [0.5, 0.6) is 0 Å². The molecule has 0 aromatic rings. The van der Waals surface area contributed by atoms with Crippen LogP contribution in [-0.2, 0) is 9.53 Å². The molecular weight excluding hydrogens is 576 g/mol. The van der Waals surface area contributed by atoms with E-state index in [1.165, 1.54) is 39.0 Å². The predicted octanol–water partition coefficient (Wildman–Crippen LogP) is 2.79. The van der Waals surface area contributed by atoms with Crippen molar-refractivity contribution in [2.24, 2.45) is 65.1 Å². The van der Waals surface area contributed by atoms with E-state index < -0.39 is 66.1 Å². The molecule has 0 amide bonds. The zero-order valence-corrected chi connectivity index (χ0v) is 27.4. The molecule has 258 valence electrons. The Kier molecular flexibility index (Phi) is 10.4. The van der Waals surface area contributed by atoms with Crippen LogP contribution >= 0.6 is 0 Å². The molecular formula is C36H60O9. The summed E-state index contributed by atoms with van der Waals surface area (Å²) in [4.78, 5) is 14.4. The lowest BCUT2D eigenvalue weighted by atomic mass is 9.46. The van der Waals surface area contributed by atoms with E-state index in [2.05, 4.69) is 0 Å². The summed E-state index contributed by atoms with van der Waals surface area (Å²) in [7, 11) is 0. The first kappa shape index (κ1) is 34.2. The summed E-state index contributed by atoms with van der Waals surface area (Å²) in [5, 5.41) is 77.3. The number of Topliss-reactive ketones (excluding diaryl/α,β-unsaturated/α-hetero) is 1. The summed E-state index contributed by atoms with van der Waals surface area (Å²) < 4.78 is 5.35. The lowest BCUT2D eigenvalue weighted by molar-refractivity contribution is -0.276. The van der Waals surface area contributed by atoms with Crippen molar-refractivity contribution in [3.8, 4) is 0 Å². The monoisotopic (exact) mass is 636 g/mol. The van der Waals surface area contributed by atoms with Gasteiger partial charge in [0.1, 0.15) is 11.4 Å². The van der Waals surface area contributed by atoms with Crippen LogP contribution in [0.2, 0.25) is 0 Å². The normalized spacial score (nSPS) is 51.3. The van der Waals surface area contributed by atoms with E-state index in [-0.39, 0.29) is 24.0 Å². The molecule has 9 nitrogen and oxygen atoms in total. The van der Waals surface area contributed by atoms with Crippen molar-refractivity contribution in [1.82, 2.24) is 0 Å². The van der Waals surface area contributed by atoms with E-state index in [1.807, 2.05) is 6.92 Å². The van der Waals surface area contributed by atoms with Gasteiger partial charge in [0.25, 0.3) is 0 Å². The maximum Gasteiger partial charge on any atom is 0.154 e. The first-order chi connectivity index (χ1) is 21.5. The van der Waals surface area contributed by atoms with Crippen molar-refractivity contribution in [3.63, 3.8) is 0 Å². The molecule has 7 N–H and O–H groups in total. The van der Waals surface area contributed by atoms with Crippen LogP contribution in [0.3, 0.4) is 0 Å². The molecule has 15 unspecified atom stereocenters. The third kappa shape index (κ3) is 5.98. The maximum atomic E-state index is 14.4. The summed E-state index contributed by atoms with van der Waals surface area (Å²) in [5.74, 6) is -0.543. The van der Waals surface area contributed by atoms with E-state index in [0.29, 0.717) is 61.9 Å². The predicted molar refractivity (Wildman–Crippen MR) is 166 cm³/mol. The largest absolute Gasteiger partial charge is 0.393 e. The molecule has 18 atom stereocenters. The average molecular weight is 637 g/mol. The third-order valence-corrected chi connectivity index (χ3v) is 14.2. The Morgan fingerprint density at radius 3 is 2.18 bits per heavy atom. The summed E-state index contributed by atoms with van der Waals surface area (Å²) >= 11 is 0. The van der Waals surface area contributed by atoms with Crippen molar-refractivity contribution >= 4 is 5.78 Å². The zero-order chi connectivity index (χ0) is 32.2. The number of ether oxygens (including phenoxy) is 1. The molecule has 9 heteroatoms. The first-order valence-corrected chi connectivity index (χ1v) is 18.4. The molecule has 0 bridgehead atoms. The van der Waals surface area contributed by atoms with Gasteiger partial charge in [0.05, 0.1) is 30.5 Å². The van der Waals surface area contributed by atoms with Crippen LogP contribution in [0.4, 0.5) is 0 Å². The van der Waals surface area contributed by atoms with Crippen molar-refractivity contribution in [2.75, 3.05) is 6.61 Å². The van der Waals surface area contributed by atoms with E-state index in [1.54, 1.807) is 0 Å². The number of hydrogen-bond donors (Lipinski definition) is 7. The Morgan fingerprint density at radius 1 is 0.800 bits per heavy atom. The lowest BCUT2D eigenvalue weighted by Crippen LogP contribution is -2.73. The molecule has 0 heterocycles. The number of aliphatic hydroxyl groups is 7. The van der Waals surface area contributed by atoms with Crippen molar-refractivity contribution < 1.29 is 45.3 Å². The number of rotatable bonds is 8. The molecule has 0 spiro atoms. The Morgan fingerprint density at radius 2 is 1.47 bits per heavy atom. The smallest absolute Gasteiger partial charge is 0.154 e. The highest BCUT2D eigenvalue weighted by atomic mass is 16.6. The van der Waals surface area contributed by atoms with Gasteiger partial charge < -0.3 is 40.5 Å². The third-order valence-electron chi connectivity index (χ3n) is 14.2. The molecule has 6 aliphatic rings. The highest BCUT2D eigenvalue weighted by molar-refractivity contribution is 5.86. The fourth-order valence-electron chi connectivity index (χ4n) is 12.4. The SMILES string of the molecule is CCOC(O)CCCC1CCC(C2CCC(O)C3C(=O)C4C(O)[C@]5(O)C(O)C(C(C)O)C(O)C[C@@H]5C[C@@H]4CC23)C2CCCCC12. The first-order valence-electron chi connectivity index (χ1n) is 18.4. The average Bonchev–Trinajstić information content (AvgIpc) is 2.99. The number of ketones is 1. The second-order valence-electron chi connectivity index (χ2n) is 16.2. The second kappa shape index (κ2) is 13.7. The van der Waals surface area contributed by atoms with E-state index in [9.17, 15) is 40.5 Å². The fraction of sp³-hybridized carbons (Fsp3) is 0.972. The van der Waals surface area contributed by atoms with E-state index >= 15 is 0 Å². The highest BCUT2D eigenvalue weighted by Gasteiger charge is 2.67. The minimum Gasteiger partial charge on any atom is -0.393 e. The van der Waals surface area contributed by atoms with Crippen molar-refractivity contribution in [3.05, 3.63) is 0 Å². The molecule has 6 fully saturated rings. The topological polar surface area (TPSA) is 168 Å². The summed E-state index contributed by atoms with van der Waals surface area (Å²) in [6.07, 6.45) is 6.22. The molecule has 6 saturated carbocycles. The Hall–Kier alpha value is -0.650. The number of hydrogen-bond acceptors (Lipinski definition) is 9. The van der Waals surface area contributed by atoms with Crippen molar-refractivity contribution in [2.45, 2.75) is 146 Å². The molecule has 6 rings (SSSR count). The van der Waals surface area contributed by atoms with E-state index in [0.717, 1.165) is 25.7 Å². The van der Waals surface area contributed by atoms with Gasteiger partial charge in [-0.05, 0) is 138 Å². The number of fused-ring (bicyclic) bond motifs is 4. The summed E-state index contributed by atoms with van der Waals surface area (Å²) in [6, 6.07) is 0. The van der Waals surface area contributed by atoms with Gasteiger partial charge in [-0.3, -0.25) is 4.79 Å². The van der Waals surface area contributed by atoms with E-state index in [4.69, 9.17) is 4.74 Å². The van der Waals surface area contributed by atoms with Crippen LogP contribution in [0.15, 0.2) is 0 Å². The van der Waals surface area contributed by atoms with Crippen LogP contribution in [0.25, 0.3) is 0 Å². The van der Waals surface area contributed by atoms with Crippen molar-refractivity contribution in [1.29, 1.82) is 0 Å². The number of aliphatic hydroxyl groups excluding tert-OH is 6. The van der Waals surface area contributed by atoms with Crippen LogP contribution < -0.4 is 0 Å². The molecule has 45 heavy (non-hydrogen) atoms. The highest BCUT2D eigenvalue weighted by Crippen LogP contribution is 2.60. The number of carbonyl (C=O) groups is 1.